The van der Waals surface area contributed by atoms with E-state index in [9.17, 15) is 9.90 Å². The second-order valence-corrected chi connectivity index (χ2v) is 3.78. The van der Waals surface area contributed by atoms with Crippen molar-refractivity contribution in [2.45, 2.75) is 6.92 Å². The highest BCUT2D eigenvalue weighted by Gasteiger charge is 2.06. The summed E-state index contributed by atoms with van der Waals surface area (Å²) >= 11 is 11.3. The van der Waals surface area contributed by atoms with Crippen LogP contribution in [0.2, 0.25) is 10.0 Å². The third kappa shape index (κ3) is 2.88. The van der Waals surface area contributed by atoms with Gasteiger partial charge >= 0.3 is 5.97 Å². The zero-order valence-electron chi connectivity index (χ0n) is 7.79. The van der Waals surface area contributed by atoms with Gasteiger partial charge in [-0.25, -0.2) is 4.79 Å². The van der Waals surface area contributed by atoms with Crippen molar-refractivity contribution < 1.29 is 15.0 Å². The van der Waals surface area contributed by atoms with Crippen molar-refractivity contribution in [2.75, 3.05) is 0 Å². The molecule has 0 atom stereocenters. The van der Waals surface area contributed by atoms with Crippen molar-refractivity contribution in [1.82, 2.24) is 0 Å². The third-order valence-electron chi connectivity index (χ3n) is 1.76. The quantitative estimate of drug-likeness (QED) is 0.789. The SMILES string of the molecule is C/C(=C\c1cc(Cl)c(O)c(Cl)c1)C(=O)O. The molecule has 0 saturated carbocycles. The predicted octanol–water partition coefficient (Wildman–Crippen LogP) is 3.19. The van der Waals surface area contributed by atoms with Crippen LogP contribution in [0, 0.1) is 0 Å². The average Bonchev–Trinajstić information content (AvgIpc) is 2.13. The molecule has 15 heavy (non-hydrogen) atoms. The molecule has 0 aliphatic carbocycles. The lowest BCUT2D eigenvalue weighted by molar-refractivity contribution is -0.132. The van der Waals surface area contributed by atoms with E-state index in [1.54, 1.807) is 0 Å². The number of hydrogen-bond acceptors (Lipinski definition) is 2. The Labute approximate surface area is 96.6 Å². The minimum Gasteiger partial charge on any atom is -0.505 e. The fourth-order valence-electron chi connectivity index (χ4n) is 0.980. The van der Waals surface area contributed by atoms with Crippen LogP contribution >= 0.6 is 23.2 Å². The summed E-state index contributed by atoms with van der Waals surface area (Å²) in [5.74, 6) is -1.22. The van der Waals surface area contributed by atoms with Gasteiger partial charge in [0.05, 0.1) is 10.0 Å². The van der Waals surface area contributed by atoms with Gasteiger partial charge in [-0.05, 0) is 30.7 Å². The lowest BCUT2D eigenvalue weighted by Crippen LogP contribution is -1.95. The van der Waals surface area contributed by atoms with Crippen LogP contribution in [-0.2, 0) is 4.79 Å². The third-order valence-corrected chi connectivity index (χ3v) is 2.34. The van der Waals surface area contributed by atoms with E-state index in [1.807, 2.05) is 0 Å². The zero-order chi connectivity index (χ0) is 11.6. The van der Waals surface area contributed by atoms with Gasteiger partial charge in [-0.1, -0.05) is 23.2 Å². The van der Waals surface area contributed by atoms with E-state index in [2.05, 4.69) is 0 Å². The molecule has 0 aliphatic rings. The van der Waals surface area contributed by atoms with Gasteiger partial charge in [-0.15, -0.1) is 0 Å². The minimum atomic E-state index is -1.02. The molecule has 0 aliphatic heterocycles. The molecule has 1 aromatic carbocycles. The van der Waals surface area contributed by atoms with Gasteiger partial charge in [0, 0.05) is 5.57 Å². The van der Waals surface area contributed by atoms with Crippen LogP contribution in [-0.4, -0.2) is 16.2 Å². The second-order valence-electron chi connectivity index (χ2n) is 2.97. The number of phenols is 1. The molecule has 1 aromatic rings. The Morgan fingerprint density at radius 1 is 1.33 bits per heavy atom. The molecule has 0 heterocycles. The number of benzene rings is 1. The summed E-state index contributed by atoms with van der Waals surface area (Å²) in [7, 11) is 0. The predicted molar refractivity (Wildman–Crippen MR) is 59.4 cm³/mol. The normalized spacial score (nSPS) is 11.5. The molecule has 80 valence electrons. The van der Waals surface area contributed by atoms with Crippen LogP contribution in [0.1, 0.15) is 12.5 Å². The van der Waals surface area contributed by atoms with Crippen LogP contribution in [0.25, 0.3) is 6.08 Å². The molecule has 0 amide bonds. The molecule has 0 saturated heterocycles. The number of carbonyl (C=O) groups is 1. The van der Waals surface area contributed by atoms with E-state index < -0.39 is 5.97 Å². The molecule has 2 N–H and O–H groups in total. The molecule has 0 bridgehead atoms. The van der Waals surface area contributed by atoms with Crippen LogP contribution < -0.4 is 0 Å². The molecule has 3 nitrogen and oxygen atoms in total. The van der Waals surface area contributed by atoms with E-state index in [0.717, 1.165) is 0 Å². The minimum absolute atomic E-state index is 0.0898. The standard InChI is InChI=1S/C10H8Cl2O3/c1-5(10(14)15)2-6-3-7(11)9(13)8(12)4-6/h2-4,13H,1H3,(H,14,15)/b5-2+. The van der Waals surface area contributed by atoms with Crippen LogP contribution in [0.3, 0.4) is 0 Å². The van der Waals surface area contributed by atoms with E-state index in [-0.39, 0.29) is 21.4 Å². The van der Waals surface area contributed by atoms with Crippen LogP contribution in [0.4, 0.5) is 0 Å². The fraction of sp³-hybridized carbons (Fsp3) is 0.100. The molecule has 0 fully saturated rings. The summed E-state index contributed by atoms with van der Waals surface area (Å²) in [5.41, 5.74) is 0.690. The lowest BCUT2D eigenvalue weighted by atomic mass is 10.1. The number of carboxylic acid groups (broad SMARTS) is 1. The Morgan fingerprint density at radius 3 is 2.20 bits per heavy atom. The Kier molecular flexibility index (Phi) is 3.61. The Balaban J connectivity index is 3.18. The Hall–Kier alpha value is -1.19. The molecule has 5 heteroatoms. The largest absolute Gasteiger partial charge is 0.505 e. The number of rotatable bonds is 2. The summed E-state index contributed by atoms with van der Waals surface area (Å²) in [5, 5.41) is 18.1. The molecule has 0 spiro atoms. The van der Waals surface area contributed by atoms with Crippen molar-refractivity contribution >= 4 is 35.2 Å². The Morgan fingerprint density at radius 2 is 1.80 bits per heavy atom. The van der Waals surface area contributed by atoms with Crippen molar-refractivity contribution in [1.29, 1.82) is 0 Å². The van der Waals surface area contributed by atoms with Gasteiger partial charge in [0.2, 0.25) is 0 Å². The highest BCUT2D eigenvalue weighted by molar-refractivity contribution is 6.37. The lowest BCUT2D eigenvalue weighted by Gasteiger charge is -2.02. The van der Waals surface area contributed by atoms with E-state index in [0.29, 0.717) is 5.56 Å². The topological polar surface area (TPSA) is 57.5 Å². The van der Waals surface area contributed by atoms with Gasteiger partial charge in [0.25, 0.3) is 0 Å². The van der Waals surface area contributed by atoms with Crippen molar-refractivity contribution in [3.63, 3.8) is 0 Å². The summed E-state index contributed by atoms with van der Waals surface area (Å²) in [4.78, 5) is 10.6. The van der Waals surface area contributed by atoms with Crippen molar-refractivity contribution in [3.05, 3.63) is 33.3 Å². The van der Waals surface area contributed by atoms with Gasteiger partial charge in [0.1, 0.15) is 0 Å². The highest BCUT2D eigenvalue weighted by Crippen LogP contribution is 2.33. The van der Waals surface area contributed by atoms with Crippen LogP contribution in [0.15, 0.2) is 17.7 Å². The highest BCUT2D eigenvalue weighted by atomic mass is 35.5. The first-order valence-electron chi connectivity index (χ1n) is 4.01. The smallest absolute Gasteiger partial charge is 0.331 e. The van der Waals surface area contributed by atoms with E-state index >= 15 is 0 Å². The maximum absolute atomic E-state index is 10.6. The van der Waals surface area contributed by atoms with Crippen molar-refractivity contribution in [3.8, 4) is 5.75 Å². The van der Waals surface area contributed by atoms with Gasteiger partial charge < -0.3 is 10.2 Å². The number of hydrogen-bond donors (Lipinski definition) is 2. The summed E-state index contributed by atoms with van der Waals surface area (Å²) in [6.45, 7) is 1.46. The number of aromatic hydroxyl groups is 1. The zero-order valence-corrected chi connectivity index (χ0v) is 9.30. The molecule has 0 aromatic heterocycles. The molecular formula is C10H8Cl2O3. The number of aliphatic carboxylic acids is 1. The van der Waals surface area contributed by atoms with Crippen molar-refractivity contribution in [2.24, 2.45) is 0 Å². The monoisotopic (exact) mass is 246 g/mol. The molecule has 1 rings (SSSR count). The second kappa shape index (κ2) is 4.55. The summed E-state index contributed by atoms with van der Waals surface area (Å²) < 4.78 is 0. The van der Waals surface area contributed by atoms with Crippen LogP contribution in [0.5, 0.6) is 5.75 Å². The molecule has 0 radical (unpaired) electrons. The average molecular weight is 247 g/mol. The fourth-order valence-corrected chi connectivity index (χ4v) is 1.48. The summed E-state index contributed by atoms with van der Waals surface area (Å²) in [6.07, 6.45) is 1.42. The van der Waals surface area contributed by atoms with Gasteiger partial charge in [-0.3, -0.25) is 0 Å². The first kappa shape index (κ1) is 11.9. The maximum atomic E-state index is 10.6. The molecular weight excluding hydrogens is 239 g/mol. The number of phenolic OH excluding ortho intramolecular Hbond substituents is 1. The van der Waals surface area contributed by atoms with Gasteiger partial charge in [-0.2, -0.15) is 0 Å². The number of halogens is 2. The Bertz CT molecular complexity index is 415. The first-order chi connectivity index (χ1) is 6.91. The van der Waals surface area contributed by atoms with E-state index in [1.165, 1.54) is 25.1 Å². The van der Waals surface area contributed by atoms with E-state index in [4.69, 9.17) is 28.3 Å². The first-order valence-corrected chi connectivity index (χ1v) is 4.77. The molecule has 0 unspecified atom stereocenters. The summed E-state index contributed by atoms with van der Waals surface area (Å²) in [6, 6.07) is 2.88. The maximum Gasteiger partial charge on any atom is 0.331 e. The van der Waals surface area contributed by atoms with Gasteiger partial charge in [0.15, 0.2) is 5.75 Å². The number of carboxylic acids is 1.